The third kappa shape index (κ3) is 3.09. The van der Waals surface area contributed by atoms with Gasteiger partial charge in [-0.3, -0.25) is 4.79 Å². The van der Waals surface area contributed by atoms with Gasteiger partial charge in [0.1, 0.15) is 4.75 Å². The van der Waals surface area contributed by atoms with Crippen LogP contribution in [0.25, 0.3) is 0 Å². The molecule has 0 bridgehead atoms. The number of hydrogen-bond acceptors (Lipinski definition) is 3. The van der Waals surface area contributed by atoms with Crippen molar-refractivity contribution in [2.45, 2.75) is 57.6 Å². The molecular weight excluding hydrogens is 236 g/mol. The van der Waals surface area contributed by atoms with E-state index in [4.69, 9.17) is 0 Å². The van der Waals surface area contributed by atoms with Crippen LogP contribution in [0.3, 0.4) is 0 Å². The van der Waals surface area contributed by atoms with Gasteiger partial charge in [-0.2, -0.15) is 0 Å². The standard InChI is InChI=1S/C13H24O3S/c1-5-10-6-8-11(9-7-10)12(14)13(2,3)17(4,15)16/h10-11H,5-9H2,1-4H3. The Morgan fingerprint density at radius 1 is 1.18 bits per heavy atom. The molecule has 100 valence electrons. The lowest BCUT2D eigenvalue weighted by Gasteiger charge is -2.31. The van der Waals surface area contributed by atoms with Crippen molar-refractivity contribution >= 4 is 15.6 Å². The summed E-state index contributed by atoms with van der Waals surface area (Å²) >= 11 is 0. The maximum atomic E-state index is 12.3. The first-order valence-electron chi connectivity index (χ1n) is 6.44. The van der Waals surface area contributed by atoms with Crippen LogP contribution in [0.15, 0.2) is 0 Å². The summed E-state index contributed by atoms with van der Waals surface area (Å²) in [5.41, 5.74) is 0. The van der Waals surface area contributed by atoms with Gasteiger partial charge in [0.15, 0.2) is 15.6 Å². The Morgan fingerprint density at radius 2 is 1.65 bits per heavy atom. The van der Waals surface area contributed by atoms with Crippen LogP contribution in [-0.2, 0) is 14.6 Å². The first kappa shape index (κ1) is 14.7. The maximum Gasteiger partial charge on any atom is 0.159 e. The molecule has 1 saturated carbocycles. The molecule has 0 amide bonds. The van der Waals surface area contributed by atoms with E-state index in [2.05, 4.69) is 6.92 Å². The molecule has 0 N–H and O–H groups in total. The lowest BCUT2D eigenvalue weighted by Crippen LogP contribution is -2.44. The fraction of sp³-hybridized carbons (Fsp3) is 0.923. The van der Waals surface area contributed by atoms with Crippen molar-refractivity contribution in [3.63, 3.8) is 0 Å². The second-order valence-corrected chi connectivity index (χ2v) is 8.34. The van der Waals surface area contributed by atoms with Gasteiger partial charge < -0.3 is 0 Å². The molecule has 4 heteroatoms. The van der Waals surface area contributed by atoms with Crippen LogP contribution in [0.2, 0.25) is 0 Å². The minimum atomic E-state index is -3.32. The molecule has 0 spiro atoms. The third-order valence-electron chi connectivity index (χ3n) is 4.32. The Morgan fingerprint density at radius 3 is 2.00 bits per heavy atom. The van der Waals surface area contributed by atoms with Gasteiger partial charge in [-0.05, 0) is 45.4 Å². The summed E-state index contributed by atoms with van der Waals surface area (Å²) in [7, 11) is -3.32. The quantitative estimate of drug-likeness (QED) is 0.780. The summed E-state index contributed by atoms with van der Waals surface area (Å²) in [4.78, 5) is 12.3. The van der Waals surface area contributed by atoms with Crippen LogP contribution < -0.4 is 0 Å². The largest absolute Gasteiger partial charge is 0.298 e. The predicted molar refractivity (Wildman–Crippen MR) is 69.7 cm³/mol. The van der Waals surface area contributed by atoms with Crippen LogP contribution in [0, 0.1) is 11.8 Å². The molecular formula is C13H24O3S. The van der Waals surface area contributed by atoms with Crippen LogP contribution >= 0.6 is 0 Å². The number of rotatable bonds is 4. The monoisotopic (exact) mass is 260 g/mol. The number of ketones is 1. The number of hydrogen-bond donors (Lipinski definition) is 0. The summed E-state index contributed by atoms with van der Waals surface area (Å²) in [5, 5.41) is 0. The van der Waals surface area contributed by atoms with Crippen LogP contribution in [0.4, 0.5) is 0 Å². The molecule has 0 radical (unpaired) electrons. The summed E-state index contributed by atoms with van der Waals surface area (Å²) in [6, 6.07) is 0. The first-order chi connectivity index (χ1) is 7.70. The molecule has 0 unspecified atom stereocenters. The Hall–Kier alpha value is -0.380. The summed E-state index contributed by atoms with van der Waals surface area (Å²) in [6.45, 7) is 5.25. The number of sulfone groups is 1. The summed E-state index contributed by atoms with van der Waals surface area (Å²) in [6.07, 6.45) is 6.16. The van der Waals surface area contributed by atoms with E-state index in [1.54, 1.807) is 0 Å². The average Bonchev–Trinajstić information content (AvgIpc) is 2.26. The third-order valence-corrected chi connectivity index (χ3v) is 6.37. The van der Waals surface area contributed by atoms with Crippen LogP contribution in [0.1, 0.15) is 52.9 Å². The van der Waals surface area contributed by atoms with E-state index in [-0.39, 0.29) is 11.7 Å². The lowest BCUT2D eigenvalue weighted by molar-refractivity contribution is -0.125. The van der Waals surface area contributed by atoms with Crippen molar-refractivity contribution in [2.24, 2.45) is 11.8 Å². The van der Waals surface area contributed by atoms with Gasteiger partial charge in [0.2, 0.25) is 0 Å². The Labute approximate surface area is 105 Å². The molecule has 1 aliphatic rings. The maximum absolute atomic E-state index is 12.3. The molecule has 17 heavy (non-hydrogen) atoms. The fourth-order valence-corrected chi connectivity index (χ4v) is 3.04. The van der Waals surface area contributed by atoms with Crippen molar-refractivity contribution in [1.29, 1.82) is 0 Å². The van der Waals surface area contributed by atoms with Crippen molar-refractivity contribution < 1.29 is 13.2 Å². The molecule has 1 rings (SSSR count). The Balaban J connectivity index is 2.73. The van der Waals surface area contributed by atoms with Crippen LogP contribution in [-0.4, -0.2) is 25.2 Å². The second kappa shape index (κ2) is 5.09. The zero-order valence-electron chi connectivity index (χ0n) is 11.3. The van der Waals surface area contributed by atoms with Gasteiger partial charge in [0.25, 0.3) is 0 Å². The highest BCUT2D eigenvalue weighted by Gasteiger charge is 2.42. The van der Waals surface area contributed by atoms with Gasteiger partial charge >= 0.3 is 0 Å². The number of carbonyl (C=O) groups is 1. The normalized spacial score (nSPS) is 26.8. The van der Waals surface area contributed by atoms with Gasteiger partial charge in [0.05, 0.1) is 0 Å². The van der Waals surface area contributed by atoms with E-state index in [9.17, 15) is 13.2 Å². The average molecular weight is 260 g/mol. The minimum absolute atomic E-state index is 0.0532. The summed E-state index contributed by atoms with van der Waals surface area (Å²) in [5.74, 6) is 0.581. The first-order valence-corrected chi connectivity index (χ1v) is 8.33. The predicted octanol–water partition coefficient (Wildman–Crippen LogP) is 2.60. The SMILES string of the molecule is CCC1CCC(C(=O)C(C)(C)S(C)(=O)=O)CC1. The molecule has 0 saturated heterocycles. The summed E-state index contributed by atoms with van der Waals surface area (Å²) < 4.78 is 22.0. The highest BCUT2D eigenvalue weighted by molar-refractivity contribution is 7.92. The molecule has 1 fully saturated rings. The Kier molecular flexibility index (Phi) is 4.39. The van der Waals surface area contributed by atoms with E-state index >= 15 is 0 Å². The highest BCUT2D eigenvalue weighted by atomic mass is 32.2. The minimum Gasteiger partial charge on any atom is -0.298 e. The number of carbonyl (C=O) groups excluding carboxylic acids is 1. The lowest BCUT2D eigenvalue weighted by atomic mass is 9.77. The van der Waals surface area contributed by atoms with Crippen molar-refractivity contribution in [3.8, 4) is 0 Å². The second-order valence-electron chi connectivity index (χ2n) is 5.77. The van der Waals surface area contributed by atoms with Crippen molar-refractivity contribution in [2.75, 3.05) is 6.26 Å². The highest BCUT2D eigenvalue weighted by Crippen LogP contribution is 2.34. The van der Waals surface area contributed by atoms with Gasteiger partial charge in [-0.25, -0.2) is 8.42 Å². The Bertz CT molecular complexity index is 373. The van der Waals surface area contributed by atoms with Gasteiger partial charge in [0, 0.05) is 12.2 Å². The van der Waals surface area contributed by atoms with E-state index < -0.39 is 14.6 Å². The topological polar surface area (TPSA) is 51.2 Å². The molecule has 3 nitrogen and oxygen atoms in total. The van der Waals surface area contributed by atoms with E-state index in [1.807, 2.05) is 0 Å². The molecule has 0 heterocycles. The molecule has 0 aromatic rings. The van der Waals surface area contributed by atoms with Crippen molar-refractivity contribution in [1.82, 2.24) is 0 Å². The molecule has 1 aliphatic carbocycles. The van der Waals surface area contributed by atoms with E-state index in [0.29, 0.717) is 0 Å². The van der Waals surface area contributed by atoms with Crippen LogP contribution in [0.5, 0.6) is 0 Å². The van der Waals surface area contributed by atoms with Gasteiger partial charge in [-0.1, -0.05) is 13.3 Å². The molecule has 0 atom stereocenters. The smallest absolute Gasteiger partial charge is 0.159 e. The van der Waals surface area contributed by atoms with Crippen molar-refractivity contribution in [3.05, 3.63) is 0 Å². The fourth-order valence-electron chi connectivity index (χ4n) is 2.51. The molecule has 0 aliphatic heterocycles. The van der Waals surface area contributed by atoms with E-state index in [0.717, 1.165) is 44.3 Å². The molecule has 0 aromatic heterocycles. The van der Waals surface area contributed by atoms with E-state index in [1.165, 1.54) is 13.8 Å². The zero-order valence-corrected chi connectivity index (χ0v) is 12.1. The molecule has 0 aromatic carbocycles. The zero-order chi connectivity index (χ0) is 13.3. The number of Topliss-reactive ketones (excluding diaryl/α,β-unsaturated/α-hetero) is 1. The van der Waals surface area contributed by atoms with Gasteiger partial charge in [-0.15, -0.1) is 0 Å².